The topological polar surface area (TPSA) is 17.8 Å². The summed E-state index contributed by atoms with van der Waals surface area (Å²) in [5.74, 6) is 0. The van der Waals surface area contributed by atoms with Crippen molar-refractivity contribution in [1.82, 2.24) is 9.78 Å². The summed E-state index contributed by atoms with van der Waals surface area (Å²) in [5.41, 5.74) is -0.159. The second kappa shape index (κ2) is 2.73. The molecule has 0 amide bonds. The normalized spacial score (nSPS) is 12.3. The predicted octanol–water partition coefficient (Wildman–Crippen LogP) is 2.59. The van der Waals surface area contributed by atoms with E-state index in [9.17, 15) is 13.2 Å². The summed E-state index contributed by atoms with van der Waals surface area (Å²) < 4.78 is 38.4. The smallest absolute Gasteiger partial charge is 0.268 e. The standard InChI is InChI=1S/C9H7F3N2/c1-14-8-4-7(9(10,11)12)3-2-6(8)5-13-14/h2-5H,1H3. The van der Waals surface area contributed by atoms with E-state index in [0.29, 0.717) is 10.9 Å². The fraction of sp³-hybridized carbons (Fsp3) is 0.222. The SMILES string of the molecule is Cn1ncc2ccc(C(F)(F)F)cc21. The molecule has 1 aromatic carbocycles. The molecule has 0 aliphatic rings. The average molecular weight is 200 g/mol. The lowest BCUT2D eigenvalue weighted by Gasteiger charge is -2.06. The van der Waals surface area contributed by atoms with Crippen LogP contribution >= 0.6 is 0 Å². The van der Waals surface area contributed by atoms with Crippen LogP contribution < -0.4 is 0 Å². The highest BCUT2D eigenvalue weighted by Gasteiger charge is 2.30. The van der Waals surface area contributed by atoms with E-state index in [0.717, 1.165) is 12.1 Å². The Morgan fingerprint density at radius 3 is 2.64 bits per heavy atom. The van der Waals surface area contributed by atoms with Crippen LogP contribution in [0.4, 0.5) is 13.2 Å². The molecule has 0 atom stereocenters. The van der Waals surface area contributed by atoms with Gasteiger partial charge in [0, 0.05) is 12.4 Å². The van der Waals surface area contributed by atoms with E-state index in [1.807, 2.05) is 0 Å². The highest BCUT2D eigenvalue weighted by molar-refractivity contribution is 5.79. The first-order chi connectivity index (χ1) is 6.48. The molecule has 14 heavy (non-hydrogen) atoms. The first-order valence-corrected chi connectivity index (χ1v) is 3.97. The summed E-state index contributed by atoms with van der Waals surface area (Å²) in [6.45, 7) is 0. The molecule has 0 saturated carbocycles. The van der Waals surface area contributed by atoms with Crippen molar-refractivity contribution in [2.45, 2.75) is 6.18 Å². The Morgan fingerprint density at radius 2 is 2.00 bits per heavy atom. The maximum Gasteiger partial charge on any atom is 0.416 e. The van der Waals surface area contributed by atoms with Gasteiger partial charge in [0.15, 0.2) is 0 Å². The lowest BCUT2D eigenvalue weighted by Crippen LogP contribution is -2.04. The van der Waals surface area contributed by atoms with Crippen LogP contribution in [0.25, 0.3) is 10.9 Å². The lowest BCUT2D eigenvalue weighted by atomic mass is 10.1. The maximum absolute atomic E-state index is 12.3. The molecular formula is C9H7F3N2. The van der Waals surface area contributed by atoms with Crippen LogP contribution in [0.15, 0.2) is 24.4 Å². The van der Waals surface area contributed by atoms with Crippen molar-refractivity contribution in [2.75, 3.05) is 0 Å². The van der Waals surface area contributed by atoms with E-state index in [1.54, 1.807) is 7.05 Å². The van der Waals surface area contributed by atoms with E-state index in [1.165, 1.54) is 16.9 Å². The number of aryl methyl sites for hydroxylation is 1. The first kappa shape index (κ1) is 9.05. The Labute approximate surface area is 77.9 Å². The van der Waals surface area contributed by atoms with E-state index >= 15 is 0 Å². The van der Waals surface area contributed by atoms with Gasteiger partial charge in [-0.2, -0.15) is 18.3 Å². The Balaban J connectivity index is 2.66. The van der Waals surface area contributed by atoms with Crippen LogP contribution in [-0.2, 0) is 13.2 Å². The van der Waals surface area contributed by atoms with Gasteiger partial charge < -0.3 is 0 Å². The van der Waals surface area contributed by atoms with Crippen molar-refractivity contribution in [3.8, 4) is 0 Å². The van der Waals surface area contributed by atoms with Gasteiger partial charge in [0.1, 0.15) is 0 Å². The zero-order valence-electron chi connectivity index (χ0n) is 7.34. The summed E-state index contributed by atoms with van der Waals surface area (Å²) in [6.07, 6.45) is -2.76. The molecule has 0 radical (unpaired) electrons. The molecule has 1 aromatic heterocycles. The minimum absolute atomic E-state index is 0.486. The highest BCUT2D eigenvalue weighted by Crippen LogP contribution is 2.31. The van der Waals surface area contributed by atoms with Gasteiger partial charge in [-0.05, 0) is 12.1 Å². The fourth-order valence-corrected chi connectivity index (χ4v) is 1.32. The van der Waals surface area contributed by atoms with E-state index in [2.05, 4.69) is 5.10 Å². The number of hydrogen-bond acceptors (Lipinski definition) is 1. The van der Waals surface area contributed by atoms with Gasteiger partial charge in [-0.25, -0.2) is 0 Å². The van der Waals surface area contributed by atoms with Crippen molar-refractivity contribution in [3.05, 3.63) is 30.0 Å². The summed E-state index contributed by atoms with van der Waals surface area (Å²) >= 11 is 0. The Morgan fingerprint density at radius 1 is 1.29 bits per heavy atom. The number of alkyl halides is 3. The first-order valence-electron chi connectivity index (χ1n) is 3.97. The Hall–Kier alpha value is -1.52. The molecular weight excluding hydrogens is 193 g/mol. The summed E-state index contributed by atoms with van der Waals surface area (Å²) in [5, 5.41) is 4.58. The van der Waals surface area contributed by atoms with Gasteiger partial charge in [0.2, 0.25) is 0 Å². The fourth-order valence-electron chi connectivity index (χ4n) is 1.32. The average Bonchev–Trinajstić information content (AvgIpc) is 2.46. The predicted molar refractivity (Wildman–Crippen MR) is 45.7 cm³/mol. The molecule has 0 N–H and O–H groups in total. The van der Waals surface area contributed by atoms with Crippen molar-refractivity contribution < 1.29 is 13.2 Å². The zero-order chi connectivity index (χ0) is 10.3. The second-order valence-corrected chi connectivity index (χ2v) is 3.04. The Kier molecular flexibility index (Phi) is 1.77. The Bertz CT molecular complexity index is 470. The highest BCUT2D eigenvalue weighted by atomic mass is 19.4. The summed E-state index contributed by atoms with van der Waals surface area (Å²) in [7, 11) is 1.61. The number of fused-ring (bicyclic) bond motifs is 1. The molecule has 2 rings (SSSR count). The molecule has 0 aliphatic carbocycles. The molecule has 0 bridgehead atoms. The molecule has 5 heteroatoms. The number of hydrogen-bond donors (Lipinski definition) is 0. The van der Waals surface area contributed by atoms with Gasteiger partial charge in [0.25, 0.3) is 0 Å². The van der Waals surface area contributed by atoms with E-state index < -0.39 is 11.7 Å². The molecule has 0 aliphatic heterocycles. The van der Waals surface area contributed by atoms with Crippen LogP contribution in [0.3, 0.4) is 0 Å². The lowest BCUT2D eigenvalue weighted by molar-refractivity contribution is -0.137. The van der Waals surface area contributed by atoms with Crippen LogP contribution in [0.5, 0.6) is 0 Å². The number of halogens is 3. The molecule has 0 spiro atoms. The summed E-state index contributed by atoms with van der Waals surface area (Å²) in [4.78, 5) is 0. The third-order valence-electron chi connectivity index (χ3n) is 2.08. The van der Waals surface area contributed by atoms with Gasteiger partial charge in [-0.3, -0.25) is 4.68 Å². The van der Waals surface area contributed by atoms with Crippen molar-refractivity contribution >= 4 is 10.9 Å². The van der Waals surface area contributed by atoms with Gasteiger partial charge in [-0.15, -0.1) is 0 Å². The third-order valence-corrected chi connectivity index (χ3v) is 2.08. The maximum atomic E-state index is 12.3. The largest absolute Gasteiger partial charge is 0.416 e. The molecule has 0 saturated heterocycles. The van der Waals surface area contributed by atoms with Crippen LogP contribution in [0.2, 0.25) is 0 Å². The monoisotopic (exact) mass is 200 g/mol. The van der Waals surface area contributed by atoms with Crippen LogP contribution in [0, 0.1) is 0 Å². The number of rotatable bonds is 0. The molecule has 74 valence electrons. The van der Waals surface area contributed by atoms with Crippen molar-refractivity contribution in [3.63, 3.8) is 0 Å². The molecule has 0 unspecified atom stereocenters. The van der Waals surface area contributed by atoms with E-state index in [-0.39, 0.29) is 0 Å². The minimum Gasteiger partial charge on any atom is -0.268 e. The number of nitrogens with zero attached hydrogens (tertiary/aromatic N) is 2. The van der Waals surface area contributed by atoms with Gasteiger partial charge in [-0.1, -0.05) is 6.07 Å². The minimum atomic E-state index is -4.29. The molecule has 1 heterocycles. The van der Waals surface area contributed by atoms with E-state index in [4.69, 9.17) is 0 Å². The molecule has 0 fully saturated rings. The van der Waals surface area contributed by atoms with Crippen LogP contribution in [-0.4, -0.2) is 9.78 Å². The third kappa shape index (κ3) is 1.34. The van der Waals surface area contributed by atoms with Gasteiger partial charge in [0.05, 0.1) is 17.3 Å². The number of benzene rings is 1. The van der Waals surface area contributed by atoms with Crippen molar-refractivity contribution in [2.24, 2.45) is 7.05 Å². The summed E-state index contributed by atoms with van der Waals surface area (Å²) in [6, 6.07) is 3.58. The molecule has 2 nitrogen and oxygen atoms in total. The molecule has 2 aromatic rings. The number of aromatic nitrogens is 2. The van der Waals surface area contributed by atoms with Gasteiger partial charge >= 0.3 is 6.18 Å². The van der Waals surface area contributed by atoms with Crippen LogP contribution in [0.1, 0.15) is 5.56 Å². The zero-order valence-corrected chi connectivity index (χ0v) is 7.34. The quantitative estimate of drug-likeness (QED) is 0.639. The second-order valence-electron chi connectivity index (χ2n) is 3.04. The van der Waals surface area contributed by atoms with Crippen molar-refractivity contribution in [1.29, 1.82) is 0 Å².